The van der Waals surface area contributed by atoms with Crippen LogP contribution < -0.4 is 0 Å². The molecule has 0 unspecified atom stereocenters. The van der Waals surface area contributed by atoms with Crippen LogP contribution in [0.3, 0.4) is 0 Å². The molecule has 1 fully saturated rings. The summed E-state index contributed by atoms with van der Waals surface area (Å²) in [5.74, 6) is 0.849. The number of piperidine rings is 1. The standard InChI is InChI=1S/C37H39ClN2O/c1-26-35(28(3)40-22-12-7-13-23-40)37(32-19-14-20-33(38)25-32)36(27(2)39-26)29(4)41-24-21-34(30-15-8-5-9-16-30)31-17-10-6-11-18-31/h5-6,8-11,14-20,25,34H,3-4,7,12-13,21-24H2,1-2H3. The first kappa shape index (κ1) is 28.7. The Morgan fingerprint density at radius 2 is 1.44 bits per heavy atom. The van der Waals surface area contributed by atoms with E-state index in [2.05, 4.69) is 91.7 Å². The van der Waals surface area contributed by atoms with Gasteiger partial charge in [-0.3, -0.25) is 4.98 Å². The first-order valence-electron chi connectivity index (χ1n) is 14.6. The SMILES string of the molecule is C=C(OCCC(c1ccccc1)c1ccccc1)c1c(C)nc(C)c(C(=C)N2CCCCC2)c1-c1cccc(Cl)c1. The smallest absolute Gasteiger partial charge is 0.121 e. The van der Waals surface area contributed by atoms with Gasteiger partial charge in [-0.25, -0.2) is 0 Å². The van der Waals surface area contributed by atoms with E-state index in [1.54, 1.807) is 0 Å². The Balaban J connectivity index is 1.49. The summed E-state index contributed by atoms with van der Waals surface area (Å²) < 4.78 is 6.48. The zero-order valence-electron chi connectivity index (χ0n) is 24.2. The lowest BCUT2D eigenvalue weighted by molar-refractivity contribution is 0.266. The molecule has 0 spiro atoms. The number of ether oxygens (including phenoxy) is 1. The second kappa shape index (κ2) is 13.2. The number of halogens is 1. The number of nitrogens with zero attached hydrogens (tertiary/aromatic N) is 2. The molecule has 3 nitrogen and oxygen atoms in total. The largest absolute Gasteiger partial charge is 0.493 e. The molecule has 3 aromatic carbocycles. The Hall–Kier alpha value is -3.82. The number of hydrogen-bond donors (Lipinski definition) is 0. The van der Waals surface area contributed by atoms with Gasteiger partial charge in [0.15, 0.2) is 0 Å². The number of rotatable bonds is 10. The molecule has 210 valence electrons. The molecular formula is C37H39ClN2O. The van der Waals surface area contributed by atoms with Crippen LogP contribution in [0.5, 0.6) is 0 Å². The van der Waals surface area contributed by atoms with Crippen molar-refractivity contribution in [1.29, 1.82) is 0 Å². The molecule has 4 aromatic rings. The fourth-order valence-corrected chi connectivity index (χ4v) is 6.26. The quantitative estimate of drug-likeness (QED) is 0.180. The first-order chi connectivity index (χ1) is 19.9. The molecule has 0 saturated carbocycles. The highest BCUT2D eigenvalue weighted by molar-refractivity contribution is 6.30. The van der Waals surface area contributed by atoms with Crippen molar-refractivity contribution in [2.75, 3.05) is 19.7 Å². The van der Waals surface area contributed by atoms with Crippen LogP contribution in [0.4, 0.5) is 0 Å². The number of likely N-dealkylation sites (tertiary alicyclic amines) is 1. The van der Waals surface area contributed by atoms with Gasteiger partial charge in [0.05, 0.1) is 6.61 Å². The summed E-state index contributed by atoms with van der Waals surface area (Å²) in [7, 11) is 0. The van der Waals surface area contributed by atoms with Crippen molar-refractivity contribution < 1.29 is 4.74 Å². The minimum Gasteiger partial charge on any atom is -0.493 e. The predicted octanol–water partition coefficient (Wildman–Crippen LogP) is 9.68. The van der Waals surface area contributed by atoms with Crippen LogP contribution in [0.15, 0.2) is 98.1 Å². The Morgan fingerprint density at radius 1 is 0.829 bits per heavy atom. The van der Waals surface area contributed by atoms with Crippen molar-refractivity contribution in [1.82, 2.24) is 9.88 Å². The van der Waals surface area contributed by atoms with Crippen LogP contribution in [0.25, 0.3) is 22.6 Å². The molecule has 2 heterocycles. The third kappa shape index (κ3) is 6.57. The van der Waals surface area contributed by atoms with Gasteiger partial charge in [0.1, 0.15) is 5.76 Å². The minimum atomic E-state index is 0.226. The maximum Gasteiger partial charge on any atom is 0.121 e. The van der Waals surface area contributed by atoms with Gasteiger partial charge in [-0.2, -0.15) is 0 Å². The third-order valence-corrected chi connectivity index (χ3v) is 8.30. The van der Waals surface area contributed by atoms with E-state index in [1.165, 1.54) is 30.4 Å². The van der Waals surface area contributed by atoms with Crippen LogP contribution in [-0.2, 0) is 4.74 Å². The molecule has 41 heavy (non-hydrogen) atoms. The average Bonchev–Trinajstić information content (AvgIpc) is 3.00. The lowest BCUT2D eigenvalue weighted by atomic mass is 9.88. The van der Waals surface area contributed by atoms with E-state index in [0.29, 0.717) is 17.4 Å². The molecule has 0 atom stereocenters. The number of benzene rings is 3. The highest BCUT2D eigenvalue weighted by atomic mass is 35.5. The van der Waals surface area contributed by atoms with Gasteiger partial charge in [-0.15, -0.1) is 0 Å². The molecule has 0 radical (unpaired) electrons. The summed E-state index contributed by atoms with van der Waals surface area (Å²) >= 11 is 6.52. The van der Waals surface area contributed by atoms with Crippen molar-refractivity contribution in [2.45, 2.75) is 45.4 Å². The second-order valence-corrected chi connectivity index (χ2v) is 11.3. The molecule has 1 aliphatic rings. The van der Waals surface area contributed by atoms with Crippen LogP contribution in [0.2, 0.25) is 5.02 Å². The fourth-order valence-electron chi connectivity index (χ4n) is 6.07. The molecule has 1 aromatic heterocycles. The van der Waals surface area contributed by atoms with E-state index < -0.39 is 0 Å². The van der Waals surface area contributed by atoms with Crippen molar-refractivity contribution in [3.05, 3.63) is 137 Å². The molecule has 0 bridgehead atoms. The van der Waals surface area contributed by atoms with Crippen molar-refractivity contribution >= 4 is 23.1 Å². The van der Waals surface area contributed by atoms with Crippen LogP contribution in [0, 0.1) is 13.8 Å². The number of pyridine rings is 1. The number of aryl methyl sites for hydroxylation is 2. The third-order valence-electron chi connectivity index (χ3n) is 8.06. The lowest BCUT2D eigenvalue weighted by Gasteiger charge is -2.33. The molecule has 4 heteroatoms. The summed E-state index contributed by atoms with van der Waals surface area (Å²) in [6, 6.07) is 29.3. The average molecular weight is 563 g/mol. The van der Waals surface area contributed by atoms with E-state index >= 15 is 0 Å². The lowest BCUT2D eigenvalue weighted by Crippen LogP contribution is -2.28. The van der Waals surface area contributed by atoms with E-state index in [-0.39, 0.29) is 5.92 Å². The van der Waals surface area contributed by atoms with Gasteiger partial charge in [-0.05, 0) is 68.4 Å². The first-order valence-corrected chi connectivity index (χ1v) is 14.9. The van der Waals surface area contributed by atoms with Gasteiger partial charge < -0.3 is 9.64 Å². The maximum atomic E-state index is 6.52. The van der Waals surface area contributed by atoms with Gasteiger partial charge in [0.2, 0.25) is 0 Å². The molecule has 0 aliphatic carbocycles. The summed E-state index contributed by atoms with van der Waals surface area (Å²) in [4.78, 5) is 7.39. The van der Waals surface area contributed by atoms with E-state index in [0.717, 1.165) is 58.8 Å². The second-order valence-electron chi connectivity index (χ2n) is 10.8. The Kier molecular flexibility index (Phi) is 9.26. The van der Waals surface area contributed by atoms with Crippen LogP contribution in [0.1, 0.15) is 65.2 Å². The molecule has 1 aliphatic heterocycles. The predicted molar refractivity (Wildman–Crippen MR) is 173 cm³/mol. The Morgan fingerprint density at radius 3 is 2.05 bits per heavy atom. The van der Waals surface area contributed by atoms with Gasteiger partial charge in [-0.1, -0.05) is 97.6 Å². The summed E-state index contributed by atoms with van der Waals surface area (Å²) in [6.45, 7) is 15.7. The summed E-state index contributed by atoms with van der Waals surface area (Å²) in [5, 5.41) is 0.690. The highest BCUT2D eigenvalue weighted by Crippen LogP contribution is 2.40. The van der Waals surface area contributed by atoms with Gasteiger partial charge in [0, 0.05) is 57.8 Å². The maximum absolute atomic E-state index is 6.52. The zero-order chi connectivity index (χ0) is 28.8. The highest BCUT2D eigenvalue weighted by Gasteiger charge is 2.25. The normalized spacial score (nSPS) is 13.3. The summed E-state index contributed by atoms with van der Waals surface area (Å²) in [6.07, 6.45) is 4.44. The Bertz CT molecular complexity index is 1470. The minimum absolute atomic E-state index is 0.226. The molecule has 1 saturated heterocycles. The van der Waals surface area contributed by atoms with E-state index in [9.17, 15) is 0 Å². The van der Waals surface area contributed by atoms with E-state index in [1.807, 2.05) is 25.1 Å². The fraction of sp³-hybridized carbons (Fsp3) is 0.270. The van der Waals surface area contributed by atoms with Crippen LogP contribution >= 0.6 is 11.6 Å². The topological polar surface area (TPSA) is 25.4 Å². The van der Waals surface area contributed by atoms with Crippen LogP contribution in [-0.4, -0.2) is 29.6 Å². The van der Waals surface area contributed by atoms with Crippen molar-refractivity contribution in [3.8, 4) is 11.1 Å². The van der Waals surface area contributed by atoms with Gasteiger partial charge in [0.25, 0.3) is 0 Å². The van der Waals surface area contributed by atoms with E-state index in [4.69, 9.17) is 21.3 Å². The summed E-state index contributed by atoms with van der Waals surface area (Å²) in [5.41, 5.74) is 9.44. The van der Waals surface area contributed by atoms with Gasteiger partial charge >= 0.3 is 0 Å². The molecule has 0 amide bonds. The number of aromatic nitrogens is 1. The van der Waals surface area contributed by atoms with Crippen molar-refractivity contribution in [3.63, 3.8) is 0 Å². The monoisotopic (exact) mass is 562 g/mol. The molecule has 0 N–H and O–H groups in total. The molecular weight excluding hydrogens is 524 g/mol. The van der Waals surface area contributed by atoms with Crippen molar-refractivity contribution in [2.24, 2.45) is 0 Å². The Labute approximate surface area is 250 Å². The zero-order valence-corrected chi connectivity index (χ0v) is 25.0. The molecule has 5 rings (SSSR count). The number of hydrogen-bond acceptors (Lipinski definition) is 3.